The largest absolute Gasteiger partial charge is 0.497 e. The van der Waals surface area contributed by atoms with E-state index in [1.54, 1.807) is 20.3 Å². The summed E-state index contributed by atoms with van der Waals surface area (Å²) in [6.45, 7) is -0.292. The van der Waals surface area contributed by atoms with E-state index in [1.807, 2.05) is 12.1 Å². The monoisotopic (exact) mass is 198 g/mol. The molecule has 0 spiro atoms. The summed E-state index contributed by atoms with van der Waals surface area (Å²) in [4.78, 5) is 0. The lowest BCUT2D eigenvalue weighted by atomic mass is 10.1. The number of benzene rings is 1. The fourth-order valence-electron chi connectivity index (χ4n) is 1.28. The smallest absolute Gasteiger partial charge is 0.122 e. The first-order valence-corrected chi connectivity index (χ1v) is 4.58. The zero-order valence-electron chi connectivity index (χ0n) is 8.55. The summed E-state index contributed by atoms with van der Waals surface area (Å²) in [5.41, 5.74) is 1.04. The van der Waals surface area contributed by atoms with Crippen LogP contribution in [0.15, 0.2) is 18.2 Å². The van der Waals surface area contributed by atoms with Crippen molar-refractivity contribution < 1.29 is 13.9 Å². The molecule has 0 aromatic heterocycles. The van der Waals surface area contributed by atoms with Crippen LogP contribution in [0.1, 0.15) is 12.0 Å². The molecule has 0 unspecified atom stereocenters. The van der Waals surface area contributed by atoms with Gasteiger partial charge < -0.3 is 9.47 Å². The lowest BCUT2D eigenvalue weighted by molar-refractivity contribution is 0.393. The summed E-state index contributed by atoms with van der Waals surface area (Å²) in [5, 5.41) is 0. The van der Waals surface area contributed by atoms with E-state index >= 15 is 0 Å². The highest BCUT2D eigenvalue weighted by Gasteiger charge is 2.01. The highest BCUT2D eigenvalue weighted by atomic mass is 19.1. The minimum Gasteiger partial charge on any atom is -0.497 e. The Kier molecular flexibility index (Phi) is 4.23. The first-order valence-electron chi connectivity index (χ1n) is 4.58. The third kappa shape index (κ3) is 2.91. The Morgan fingerprint density at radius 1 is 1.07 bits per heavy atom. The summed E-state index contributed by atoms with van der Waals surface area (Å²) >= 11 is 0. The average Bonchev–Trinajstić information content (AvgIpc) is 2.25. The van der Waals surface area contributed by atoms with E-state index < -0.39 is 0 Å². The second-order valence-electron chi connectivity index (χ2n) is 3.01. The van der Waals surface area contributed by atoms with Gasteiger partial charge in [0.05, 0.1) is 20.9 Å². The van der Waals surface area contributed by atoms with Crippen molar-refractivity contribution in [2.45, 2.75) is 12.8 Å². The molecule has 0 saturated carbocycles. The van der Waals surface area contributed by atoms with Gasteiger partial charge in [0.1, 0.15) is 11.5 Å². The molecule has 0 fully saturated rings. The number of methoxy groups -OCH3 is 2. The molecule has 1 aromatic carbocycles. The van der Waals surface area contributed by atoms with Crippen LogP contribution >= 0.6 is 0 Å². The lowest BCUT2D eigenvalue weighted by Crippen LogP contribution is -1.92. The zero-order valence-corrected chi connectivity index (χ0v) is 8.55. The van der Waals surface area contributed by atoms with E-state index in [-0.39, 0.29) is 6.67 Å². The van der Waals surface area contributed by atoms with Gasteiger partial charge in [0.2, 0.25) is 0 Å². The summed E-state index contributed by atoms with van der Waals surface area (Å²) in [5.74, 6) is 1.50. The molecule has 14 heavy (non-hydrogen) atoms. The molecule has 78 valence electrons. The van der Waals surface area contributed by atoms with Crippen LogP contribution in [-0.4, -0.2) is 20.9 Å². The van der Waals surface area contributed by atoms with Crippen LogP contribution in [0.2, 0.25) is 0 Å². The summed E-state index contributed by atoms with van der Waals surface area (Å²) in [6, 6.07) is 5.61. The van der Waals surface area contributed by atoms with Gasteiger partial charge in [-0.1, -0.05) is 0 Å². The Bertz CT molecular complexity index is 264. The van der Waals surface area contributed by atoms with Crippen LogP contribution in [0.3, 0.4) is 0 Å². The second kappa shape index (κ2) is 5.47. The average molecular weight is 198 g/mol. The van der Waals surface area contributed by atoms with Crippen molar-refractivity contribution in [3.63, 3.8) is 0 Å². The predicted octanol–water partition coefficient (Wildman–Crippen LogP) is 2.61. The third-order valence-corrected chi connectivity index (χ3v) is 2.01. The quantitative estimate of drug-likeness (QED) is 0.724. The molecule has 0 atom stereocenters. The van der Waals surface area contributed by atoms with E-state index in [9.17, 15) is 4.39 Å². The first-order chi connectivity index (χ1) is 6.80. The van der Waals surface area contributed by atoms with E-state index in [0.717, 1.165) is 17.1 Å². The van der Waals surface area contributed by atoms with Crippen molar-refractivity contribution >= 4 is 0 Å². The predicted molar refractivity (Wildman–Crippen MR) is 53.8 cm³/mol. The Hall–Kier alpha value is -1.25. The van der Waals surface area contributed by atoms with Gasteiger partial charge in [-0.15, -0.1) is 0 Å². The molecule has 0 amide bonds. The van der Waals surface area contributed by atoms with Gasteiger partial charge in [0.15, 0.2) is 0 Å². The van der Waals surface area contributed by atoms with Crippen LogP contribution in [0.25, 0.3) is 0 Å². The molecule has 1 rings (SSSR count). The van der Waals surface area contributed by atoms with Gasteiger partial charge in [-0.2, -0.15) is 0 Å². The molecule has 0 bridgehead atoms. The topological polar surface area (TPSA) is 18.5 Å². The highest BCUT2D eigenvalue weighted by Crippen LogP contribution is 2.23. The molecule has 0 aliphatic rings. The van der Waals surface area contributed by atoms with E-state index in [4.69, 9.17) is 9.47 Å². The number of halogens is 1. The van der Waals surface area contributed by atoms with Crippen molar-refractivity contribution in [2.24, 2.45) is 0 Å². The van der Waals surface area contributed by atoms with Gasteiger partial charge in [-0.25, -0.2) is 0 Å². The number of aryl methyl sites for hydroxylation is 1. The molecular weight excluding hydrogens is 183 g/mol. The summed E-state index contributed by atoms with van der Waals surface area (Å²) in [7, 11) is 3.21. The Balaban J connectivity index is 2.81. The van der Waals surface area contributed by atoms with Crippen LogP contribution in [0.5, 0.6) is 11.5 Å². The molecule has 1 aromatic rings. The standard InChI is InChI=1S/C11H15FO2/c1-13-10-6-9(4-3-5-12)7-11(8-10)14-2/h6-8H,3-5H2,1-2H3. The lowest BCUT2D eigenvalue weighted by Gasteiger charge is -2.07. The minimum atomic E-state index is -0.292. The van der Waals surface area contributed by atoms with Crippen molar-refractivity contribution in [3.05, 3.63) is 23.8 Å². The van der Waals surface area contributed by atoms with E-state index in [2.05, 4.69) is 0 Å². The zero-order chi connectivity index (χ0) is 10.4. The van der Waals surface area contributed by atoms with Crippen molar-refractivity contribution in [3.8, 4) is 11.5 Å². The Labute approximate surface area is 83.6 Å². The van der Waals surface area contributed by atoms with Gasteiger partial charge in [-0.05, 0) is 30.5 Å². The maximum atomic E-state index is 12.0. The highest BCUT2D eigenvalue weighted by molar-refractivity contribution is 5.38. The van der Waals surface area contributed by atoms with Gasteiger partial charge >= 0.3 is 0 Å². The SMILES string of the molecule is COc1cc(CCCF)cc(OC)c1. The summed E-state index contributed by atoms with van der Waals surface area (Å²) < 4.78 is 22.2. The molecule has 0 heterocycles. The molecule has 0 aliphatic heterocycles. The van der Waals surface area contributed by atoms with Gasteiger partial charge in [0.25, 0.3) is 0 Å². The van der Waals surface area contributed by atoms with Crippen LogP contribution in [0, 0.1) is 0 Å². The first kappa shape index (κ1) is 10.8. The van der Waals surface area contributed by atoms with E-state index in [0.29, 0.717) is 12.8 Å². The normalized spacial score (nSPS) is 9.93. The molecule has 0 radical (unpaired) electrons. The van der Waals surface area contributed by atoms with Crippen molar-refractivity contribution in [1.29, 1.82) is 0 Å². The molecule has 0 N–H and O–H groups in total. The van der Waals surface area contributed by atoms with Crippen molar-refractivity contribution in [2.75, 3.05) is 20.9 Å². The van der Waals surface area contributed by atoms with E-state index in [1.165, 1.54) is 0 Å². The molecule has 0 saturated heterocycles. The molecule has 3 heteroatoms. The van der Waals surface area contributed by atoms with Gasteiger partial charge in [-0.3, -0.25) is 4.39 Å². The number of ether oxygens (including phenoxy) is 2. The van der Waals surface area contributed by atoms with Gasteiger partial charge in [0, 0.05) is 6.07 Å². The Morgan fingerprint density at radius 3 is 2.07 bits per heavy atom. The number of alkyl halides is 1. The Morgan fingerprint density at radius 2 is 1.64 bits per heavy atom. The molecule has 2 nitrogen and oxygen atoms in total. The second-order valence-corrected chi connectivity index (χ2v) is 3.01. The van der Waals surface area contributed by atoms with Crippen LogP contribution in [-0.2, 0) is 6.42 Å². The summed E-state index contributed by atoms with van der Waals surface area (Å²) in [6.07, 6.45) is 1.25. The maximum absolute atomic E-state index is 12.0. The fourth-order valence-corrected chi connectivity index (χ4v) is 1.28. The fraction of sp³-hybridized carbons (Fsp3) is 0.455. The van der Waals surface area contributed by atoms with Crippen molar-refractivity contribution in [1.82, 2.24) is 0 Å². The number of rotatable bonds is 5. The molecule has 0 aliphatic carbocycles. The third-order valence-electron chi connectivity index (χ3n) is 2.01. The minimum absolute atomic E-state index is 0.292. The number of hydrogen-bond acceptors (Lipinski definition) is 2. The number of hydrogen-bond donors (Lipinski definition) is 0. The molecular formula is C11H15FO2. The van der Waals surface area contributed by atoms with Crippen LogP contribution < -0.4 is 9.47 Å². The maximum Gasteiger partial charge on any atom is 0.122 e. The van der Waals surface area contributed by atoms with Crippen LogP contribution in [0.4, 0.5) is 4.39 Å².